The van der Waals surface area contributed by atoms with Gasteiger partial charge in [0.25, 0.3) is 0 Å². The Labute approximate surface area is 185 Å². The minimum absolute atomic E-state index is 0.121. The van der Waals surface area contributed by atoms with E-state index in [-0.39, 0.29) is 45.9 Å². The van der Waals surface area contributed by atoms with Crippen LogP contribution in [0.3, 0.4) is 0 Å². The van der Waals surface area contributed by atoms with E-state index in [0.29, 0.717) is 5.92 Å². The van der Waals surface area contributed by atoms with Crippen molar-refractivity contribution < 1.29 is 18.5 Å². The Hall–Kier alpha value is -3.07. The van der Waals surface area contributed by atoms with Crippen LogP contribution in [0, 0.1) is 11.8 Å². The molecule has 3 aliphatic rings. The summed E-state index contributed by atoms with van der Waals surface area (Å²) in [6.45, 7) is 0. The van der Waals surface area contributed by atoms with Crippen LogP contribution in [0.15, 0.2) is 78.6 Å². The molecule has 3 nitrogen and oxygen atoms in total. The van der Waals surface area contributed by atoms with Crippen molar-refractivity contribution in [3.05, 3.63) is 78.6 Å². The summed E-state index contributed by atoms with van der Waals surface area (Å²) in [4.78, 5) is 15.2. The van der Waals surface area contributed by atoms with Crippen LogP contribution in [-0.2, 0) is 0 Å². The van der Waals surface area contributed by atoms with Crippen molar-refractivity contribution in [1.82, 2.24) is 5.32 Å². The smallest absolute Gasteiger partial charge is 0.322 e. The Morgan fingerprint density at radius 1 is 0.862 bits per heavy atom. The number of nitrogens with zero attached hydrogens (tertiary/aromatic N) is 1. The highest BCUT2D eigenvalue weighted by Gasteiger charge is 2.56. The number of carbonyl (C=O) groups is 1. The third-order valence-electron chi connectivity index (χ3n) is 6.50. The molecule has 3 heteroatoms. The largest absolute Gasteiger partial charge is 0.333 e. The van der Waals surface area contributed by atoms with Crippen molar-refractivity contribution in [3.8, 4) is 22.3 Å². The third-order valence-corrected chi connectivity index (χ3v) is 6.50. The predicted molar refractivity (Wildman–Crippen MR) is 117 cm³/mol. The number of hydrogen-bond donors (Lipinski definition) is 1. The van der Waals surface area contributed by atoms with Crippen LogP contribution >= 0.6 is 0 Å². The van der Waals surface area contributed by atoms with Crippen LogP contribution < -0.4 is 10.2 Å². The topological polar surface area (TPSA) is 32.3 Å². The highest BCUT2D eigenvalue weighted by Crippen LogP contribution is 2.52. The summed E-state index contributed by atoms with van der Waals surface area (Å²) in [5, 5.41) is 3.07. The number of nitrogens with one attached hydrogen (secondary N) is 1. The van der Waals surface area contributed by atoms with E-state index in [0.717, 1.165) is 19.3 Å². The summed E-state index contributed by atoms with van der Waals surface area (Å²) >= 11 is 0. The molecule has 6 rings (SSSR count). The van der Waals surface area contributed by atoms with E-state index in [1.165, 1.54) is 0 Å². The van der Waals surface area contributed by atoms with Gasteiger partial charge in [-0.25, -0.2) is 4.79 Å². The average Bonchev–Trinajstić information content (AvgIpc) is 3.62. The van der Waals surface area contributed by atoms with Crippen molar-refractivity contribution in [1.29, 1.82) is 0 Å². The molecule has 1 saturated heterocycles. The minimum atomic E-state index is -0.552. The molecule has 3 aromatic carbocycles. The number of hydrogen-bond acceptors (Lipinski definition) is 1. The highest BCUT2D eigenvalue weighted by molar-refractivity contribution is 6.05. The maximum Gasteiger partial charge on any atom is 0.322 e. The molecule has 144 valence electrons. The molecule has 0 spiro atoms. The van der Waals surface area contributed by atoms with Gasteiger partial charge in [0, 0.05) is 11.1 Å². The quantitative estimate of drug-likeness (QED) is 0.610. The number of anilines is 1. The number of para-hydroxylation sites is 1. The summed E-state index contributed by atoms with van der Waals surface area (Å²) in [7, 11) is 0. The molecule has 2 saturated carbocycles. The zero-order valence-electron chi connectivity index (χ0n) is 25.5. The Morgan fingerprint density at radius 2 is 1.45 bits per heavy atom. The molecule has 1 N–H and O–H groups in total. The second-order valence-electron chi connectivity index (χ2n) is 7.87. The van der Waals surface area contributed by atoms with Crippen LogP contribution in [0.25, 0.3) is 22.3 Å². The molecule has 0 aromatic heterocycles. The Balaban J connectivity index is 1.72. The summed E-state index contributed by atoms with van der Waals surface area (Å²) in [6.07, 6.45) is 2.83. The van der Waals surface area contributed by atoms with E-state index >= 15 is 0 Å². The number of carbonyl (C=O) groups excluding carboxylic acids is 1. The normalized spacial score (nSPS) is 32.0. The first kappa shape index (κ1) is 9.62. The van der Waals surface area contributed by atoms with Crippen LogP contribution in [0.5, 0.6) is 0 Å². The van der Waals surface area contributed by atoms with E-state index in [2.05, 4.69) is 5.32 Å². The van der Waals surface area contributed by atoms with E-state index in [1.807, 2.05) is 0 Å². The molecule has 2 aliphatic carbocycles. The average molecular weight is 391 g/mol. The molecule has 1 heterocycles. The van der Waals surface area contributed by atoms with Gasteiger partial charge in [-0.3, -0.25) is 4.90 Å². The molecule has 1 aliphatic heterocycles. The lowest BCUT2D eigenvalue weighted by Crippen LogP contribution is -2.41. The minimum Gasteiger partial charge on any atom is -0.333 e. The molecular formula is C26H24N2O. The van der Waals surface area contributed by atoms with E-state index < -0.39 is 66.5 Å². The van der Waals surface area contributed by atoms with Gasteiger partial charge in [0.2, 0.25) is 0 Å². The van der Waals surface area contributed by atoms with Gasteiger partial charge < -0.3 is 5.32 Å². The fourth-order valence-corrected chi connectivity index (χ4v) is 5.41. The van der Waals surface area contributed by atoms with Crippen molar-refractivity contribution in [2.45, 2.75) is 31.3 Å². The fourth-order valence-electron chi connectivity index (χ4n) is 5.41. The molecule has 3 fully saturated rings. The van der Waals surface area contributed by atoms with Crippen molar-refractivity contribution in [3.63, 3.8) is 0 Å². The molecule has 29 heavy (non-hydrogen) atoms. The maximum absolute atomic E-state index is 13.6. The molecule has 4 atom stereocenters. The van der Waals surface area contributed by atoms with Crippen molar-refractivity contribution in [2.75, 3.05) is 4.90 Å². The monoisotopic (exact) mass is 390 g/mol. The van der Waals surface area contributed by atoms with Gasteiger partial charge in [-0.1, -0.05) is 78.6 Å². The van der Waals surface area contributed by atoms with Crippen LogP contribution in [-0.4, -0.2) is 18.1 Å². The number of urea groups is 1. The second kappa shape index (κ2) is 6.48. The van der Waals surface area contributed by atoms with Gasteiger partial charge in [-0.2, -0.15) is 0 Å². The van der Waals surface area contributed by atoms with Gasteiger partial charge >= 0.3 is 6.03 Å². The molecule has 0 radical (unpaired) electrons. The summed E-state index contributed by atoms with van der Waals surface area (Å²) < 4.78 is 83.5. The lowest BCUT2D eigenvalue weighted by Gasteiger charge is -2.32. The van der Waals surface area contributed by atoms with Crippen molar-refractivity contribution in [2.24, 2.45) is 11.8 Å². The maximum atomic E-state index is 13.6. The Kier molecular flexibility index (Phi) is 2.15. The second-order valence-corrected chi connectivity index (χ2v) is 7.87. The van der Waals surface area contributed by atoms with Gasteiger partial charge in [0.15, 0.2) is 0 Å². The molecule has 2 amide bonds. The number of rotatable bonds is 3. The predicted octanol–water partition coefficient (Wildman–Crippen LogP) is 5.72. The SMILES string of the molecule is [2H]c1c([2H])c([2H])c(-c2cccc(-c3c([2H])c([2H])c([2H])c([2H])c3[2H])c2N2C(=O)NC3C4CCC(C4)C32)c([2H])c1[2H]. The number of fused-ring (bicyclic) bond motifs is 5. The number of amides is 2. The molecule has 2 bridgehead atoms. The molecule has 3 aromatic rings. The first-order valence-electron chi connectivity index (χ1n) is 14.8. The van der Waals surface area contributed by atoms with Crippen LogP contribution in [0.1, 0.15) is 33.0 Å². The lowest BCUT2D eigenvalue weighted by atomic mass is 9.89. The van der Waals surface area contributed by atoms with E-state index in [4.69, 9.17) is 13.7 Å². The van der Waals surface area contributed by atoms with Gasteiger partial charge in [-0.15, -0.1) is 0 Å². The molecular weight excluding hydrogens is 356 g/mol. The van der Waals surface area contributed by atoms with Crippen LogP contribution in [0.2, 0.25) is 0 Å². The first-order chi connectivity index (χ1) is 18.5. The zero-order chi connectivity index (χ0) is 28.1. The zero-order valence-corrected chi connectivity index (χ0v) is 15.5. The van der Waals surface area contributed by atoms with Crippen LogP contribution in [0.4, 0.5) is 10.5 Å². The molecule has 4 unspecified atom stereocenters. The van der Waals surface area contributed by atoms with E-state index in [9.17, 15) is 4.79 Å². The third kappa shape index (κ3) is 2.53. The summed E-state index contributed by atoms with van der Waals surface area (Å²) in [6, 6.07) is -1.23. The van der Waals surface area contributed by atoms with E-state index in [1.54, 1.807) is 23.1 Å². The lowest BCUT2D eigenvalue weighted by molar-refractivity contribution is 0.249. The first-order valence-corrected chi connectivity index (χ1v) is 9.83. The number of benzene rings is 3. The van der Waals surface area contributed by atoms with Crippen molar-refractivity contribution >= 4 is 11.7 Å². The summed E-state index contributed by atoms with van der Waals surface area (Å²) in [5.41, 5.74) is 0.256. The summed E-state index contributed by atoms with van der Waals surface area (Å²) in [5.74, 6) is 0.478. The Bertz CT molecular complexity index is 1450. The fraction of sp³-hybridized carbons (Fsp3) is 0.269. The van der Waals surface area contributed by atoms with Gasteiger partial charge in [0.05, 0.1) is 31.5 Å². The standard InChI is InChI=1S/C26H24N2O/c29-26-27-23-19-14-15-20(16-19)24(23)28(26)25-21(17-8-3-1-4-9-17)12-7-13-22(25)18-10-5-2-6-11-18/h1-13,19-20,23-24H,14-16H2,(H,27,29)/i1D,2D,3D,4D,5D,6D,8D,9D,10D,11D. The van der Waals surface area contributed by atoms with Gasteiger partial charge in [-0.05, 0) is 42.2 Å². The highest BCUT2D eigenvalue weighted by atomic mass is 16.2. The van der Waals surface area contributed by atoms with Gasteiger partial charge in [0.1, 0.15) is 0 Å². The Morgan fingerprint density at radius 3 is 2.07 bits per heavy atom.